The molecule has 2 amide bonds. The van der Waals surface area contributed by atoms with E-state index in [4.69, 9.17) is 4.74 Å². The van der Waals surface area contributed by atoms with Gasteiger partial charge in [0.1, 0.15) is 11.6 Å². The fraction of sp³-hybridized carbons (Fsp3) is 0.316. The van der Waals surface area contributed by atoms with Gasteiger partial charge in [-0.3, -0.25) is 9.59 Å². The molecule has 0 atom stereocenters. The molecule has 2 aromatic rings. The number of rotatable bonds is 8. The van der Waals surface area contributed by atoms with Gasteiger partial charge in [-0.1, -0.05) is 18.2 Å². The summed E-state index contributed by atoms with van der Waals surface area (Å²) in [7, 11) is 1.62. The Labute approximate surface area is 147 Å². The van der Waals surface area contributed by atoms with E-state index in [1.54, 1.807) is 19.4 Å². The van der Waals surface area contributed by atoms with Gasteiger partial charge in [0, 0.05) is 25.6 Å². The lowest BCUT2D eigenvalue weighted by Gasteiger charge is -2.07. The van der Waals surface area contributed by atoms with Gasteiger partial charge in [-0.2, -0.15) is 0 Å². The van der Waals surface area contributed by atoms with Gasteiger partial charge in [-0.25, -0.2) is 4.98 Å². The number of methoxy groups -OCH3 is 1. The molecule has 0 aliphatic rings. The number of ether oxygens (including phenoxy) is 1. The SMILES string of the molecule is COc1ccc(CCC(=O)NCCC(=O)Nc2ccc(C)cn2)cc1. The summed E-state index contributed by atoms with van der Waals surface area (Å²) in [5.74, 6) is 1.06. The quantitative estimate of drug-likeness (QED) is 0.773. The van der Waals surface area contributed by atoms with Crippen LogP contribution in [0.15, 0.2) is 42.6 Å². The highest BCUT2D eigenvalue weighted by atomic mass is 16.5. The zero-order valence-corrected chi connectivity index (χ0v) is 14.5. The van der Waals surface area contributed by atoms with Crippen LogP contribution in [0.1, 0.15) is 24.0 Å². The van der Waals surface area contributed by atoms with E-state index >= 15 is 0 Å². The molecule has 6 heteroatoms. The maximum Gasteiger partial charge on any atom is 0.227 e. The number of hydrogen-bond donors (Lipinski definition) is 2. The highest BCUT2D eigenvalue weighted by Gasteiger charge is 2.06. The van der Waals surface area contributed by atoms with Gasteiger partial charge < -0.3 is 15.4 Å². The summed E-state index contributed by atoms with van der Waals surface area (Å²) < 4.78 is 5.10. The van der Waals surface area contributed by atoms with E-state index < -0.39 is 0 Å². The molecule has 0 saturated heterocycles. The second kappa shape index (κ2) is 9.42. The summed E-state index contributed by atoms with van der Waals surface area (Å²) in [5.41, 5.74) is 2.10. The number of anilines is 1. The van der Waals surface area contributed by atoms with Crippen LogP contribution < -0.4 is 15.4 Å². The molecule has 0 aliphatic carbocycles. The maximum absolute atomic E-state index is 11.8. The van der Waals surface area contributed by atoms with E-state index in [2.05, 4.69) is 15.6 Å². The topological polar surface area (TPSA) is 80.3 Å². The number of carbonyl (C=O) groups excluding carboxylic acids is 2. The van der Waals surface area contributed by atoms with Crippen molar-refractivity contribution in [3.63, 3.8) is 0 Å². The maximum atomic E-state index is 11.8. The highest BCUT2D eigenvalue weighted by Crippen LogP contribution is 2.12. The second-order valence-electron chi connectivity index (χ2n) is 5.72. The molecule has 132 valence electrons. The molecule has 1 aromatic carbocycles. The van der Waals surface area contributed by atoms with E-state index in [0.717, 1.165) is 16.9 Å². The molecule has 2 N–H and O–H groups in total. The molecular formula is C19H23N3O3. The molecule has 2 rings (SSSR count). The number of pyridine rings is 1. The minimum atomic E-state index is -0.174. The van der Waals surface area contributed by atoms with E-state index in [1.165, 1.54) is 0 Å². The third kappa shape index (κ3) is 6.63. The van der Waals surface area contributed by atoms with Crippen LogP contribution >= 0.6 is 0 Å². The molecule has 0 fully saturated rings. The highest BCUT2D eigenvalue weighted by molar-refractivity contribution is 5.90. The average molecular weight is 341 g/mol. The Morgan fingerprint density at radius 3 is 2.44 bits per heavy atom. The van der Waals surface area contributed by atoms with Gasteiger partial charge in [0.2, 0.25) is 11.8 Å². The van der Waals surface area contributed by atoms with Gasteiger partial charge in [0.05, 0.1) is 7.11 Å². The third-order valence-electron chi connectivity index (χ3n) is 3.65. The van der Waals surface area contributed by atoms with E-state index in [9.17, 15) is 9.59 Å². The van der Waals surface area contributed by atoms with E-state index in [0.29, 0.717) is 25.2 Å². The number of aryl methyl sites for hydroxylation is 2. The number of carbonyl (C=O) groups is 2. The van der Waals surface area contributed by atoms with Gasteiger partial charge in [0.15, 0.2) is 0 Å². The normalized spacial score (nSPS) is 10.2. The summed E-state index contributed by atoms with van der Waals surface area (Å²) >= 11 is 0. The summed E-state index contributed by atoms with van der Waals surface area (Å²) in [6, 6.07) is 11.2. The van der Waals surface area contributed by atoms with Crippen molar-refractivity contribution in [2.75, 3.05) is 19.0 Å². The van der Waals surface area contributed by atoms with Crippen molar-refractivity contribution >= 4 is 17.6 Å². The number of hydrogen-bond acceptors (Lipinski definition) is 4. The van der Waals surface area contributed by atoms with Crippen molar-refractivity contribution in [1.29, 1.82) is 0 Å². The predicted molar refractivity (Wildman–Crippen MR) is 96.5 cm³/mol. The molecular weight excluding hydrogens is 318 g/mol. The first-order chi connectivity index (χ1) is 12.1. The van der Waals surface area contributed by atoms with Crippen molar-refractivity contribution in [3.05, 3.63) is 53.7 Å². The number of benzene rings is 1. The summed E-state index contributed by atoms with van der Waals surface area (Å²) in [4.78, 5) is 27.7. The van der Waals surface area contributed by atoms with Crippen molar-refractivity contribution in [2.24, 2.45) is 0 Å². The Kier molecular flexibility index (Phi) is 6.95. The predicted octanol–water partition coefficient (Wildman–Crippen LogP) is 2.48. The van der Waals surface area contributed by atoms with Crippen LogP contribution in [0.5, 0.6) is 5.75 Å². The average Bonchev–Trinajstić information content (AvgIpc) is 2.62. The lowest BCUT2D eigenvalue weighted by molar-refractivity contribution is -0.121. The Bertz CT molecular complexity index is 697. The van der Waals surface area contributed by atoms with Crippen LogP contribution in [0, 0.1) is 6.92 Å². The van der Waals surface area contributed by atoms with Crippen molar-refractivity contribution in [3.8, 4) is 5.75 Å². The fourth-order valence-corrected chi connectivity index (χ4v) is 2.20. The molecule has 0 spiro atoms. The summed E-state index contributed by atoms with van der Waals surface area (Å²) in [6.07, 6.45) is 2.93. The molecule has 1 aromatic heterocycles. The monoisotopic (exact) mass is 341 g/mol. The zero-order valence-electron chi connectivity index (χ0n) is 14.5. The van der Waals surface area contributed by atoms with Crippen LogP contribution in [0.2, 0.25) is 0 Å². The number of aromatic nitrogens is 1. The Morgan fingerprint density at radius 1 is 1.04 bits per heavy atom. The van der Waals surface area contributed by atoms with Gasteiger partial charge in [-0.05, 0) is 42.7 Å². The Hall–Kier alpha value is -2.89. The molecule has 6 nitrogen and oxygen atoms in total. The Balaban J connectivity index is 1.64. The van der Waals surface area contributed by atoms with Crippen molar-refractivity contribution in [2.45, 2.75) is 26.2 Å². The van der Waals surface area contributed by atoms with Gasteiger partial charge in [-0.15, -0.1) is 0 Å². The largest absolute Gasteiger partial charge is 0.497 e. The van der Waals surface area contributed by atoms with E-state index in [-0.39, 0.29) is 18.2 Å². The standard InChI is InChI=1S/C19H23N3O3/c1-14-3-9-17(21-13-14)22-19(24)11-12-20-18(23)10-6-15-4-7-16(25-2)8-5-15/h3-5,7-9,13H,6,10-12H2,1-2H3,(H,20,23)(H,21,22,24). The first kappa shape index (κ1) is 18.4. The van der Waals surface area contributed by atoms with E-state index in [1.807, 2.05) is 37.3 Å². The summed E-state index contributed by atoms with van der Waals surface area (Å²) in [6.45, 7) is 2.24. The number of amides is 2. The molecule has 0 radical (unpaired) electrons. The fourth-order valence-electron chi connectivity index (χ4n) is 2.20. The molecule has 0 unspecified atom stereocenters. The lowest BCUT2D eigenvalue weighted by atomic mass is 10.1. The lowest BCUT2D eigenvalue weighted by Crippen LogP contribution is -2.27. The second-order valence-corrected chi connectivity index (χ2v) is 5.72. The molecule has 25 heavy (non-hydrogen) atoms. The number of nitrogens with zero attached hydrogens (tertiary/aromatic N) is 1. The van der Waals surface area contributed by atoms with Crippen LogP contribution in [0.25, 0.3) is 0 Å². The Morgan fingerprint density at radius 2 is 1.80 bits per heavy atom. The van der Waals surface area contributed by atoms with Crippen LogP contribution in [0.4, 0.5) is 5.82 Å². The summed E-state index contributed by atoms with van der Waals surface area (Å²) in [5, 5.41) is 5.45. The number of nitrogens with one attached hydrogen (secondary N) is 2. The molecule has 0 saturated carbocycles. The minimum Gasteiger partial charge on any atom is -0.497 e. The molecule has 0 aliphatic heterocycles. The zero-order chi connectivity index (χ0) is 18.1. The molecule has 0 bridgehead atoms. The minimum absolute atomic E-state index is 0.0721. The van der Waals surface area contributed by atoms with Crippen molar-refractivity contribution < 1.29 is 14.3 Å². The van der Waals surface area contributed by atoms with Gasteiger partial charge >= 0.3 is 0 Å². The van der Waals surface area contributed by atoms with Crippen LogP contribution in [-0.2, 0) is 16.0 Å². The first-order valence-corrected chi connectivity index (χ1v) is 8.19. The van der Waals surface area contributed by atoms with Gasteiger partial charge in [0.25, 0.3) is 0 Å². The van der Waals surface area contributed by atoms with Crippen molar-refractivity contribution in [1.82, 2.24) is 10.3 Å². The first-order valence-electron chi connectivity index (χ1n) is 8.19. The third-order valence-corrected chi connectivity index (χ3v) is 3.65. The van der Waals surface area contributed by atoms with Crippen LogP contribution in [-0.4, -0.2) is 30.5 Å². The molecule has 1 heterocycles. The smallest absolute Gasteiger partial charge is 0.227 e. The van der Waals surface area contributed by atoms with Crippen LogP contribution in [0.3, 0.4) is 0 Å².